The fourth-order valence-corrected chi connectivity index (χ4v) is 6.78. The van der Waals surface area contributed by atoms with Gasteiger partial charge in [-0.25, -0.2) is 0 Å². The molecule has 0 aliphatic heterocycles. The summed E-state index contributed by atoms with van der Waals surface area (Å²) in [6.07, 6.45) is 8.75. The van der Waals surface area contributed by atoms with Gasteiger partial charge in [-0.05, 0) is 92.5 Å². The Kier molecular flexibility index (Phi) is 3.74. The Morgan fingerprint density at radius 1 is 0.929 bits per heavy atom. The summed E-state index contributed by atoms with van der Waals surface area (Å²) in [6, 6.07) is 17.2. The van der Waals surface area contributed by atoms with E-state index in [0.29, 0.717) is 5.54 Å². The Labute approximate surface area is 167 Å². The molecule has 0 amide bonds. The van der Waals surface area contributed by atoms with E-state index in [9.17, 15) is 0 Å². The molecule has 28 heavy (non-hydrogen) atoms. The van der Waals surface area contributed by atoms with Crippen molar-refractivity contribution in [2.45, 2.75) is 57.5 Å². The highest BCUT2D eigenvalue weighted by Gasteiger charge is 2.50. The molecule has 4 aliphatic rings. The van der Waals surface area contributed by atoms with Gasteiger partial charge >= 0.3 is 0 Å². The number of furan rings is 1. The number of rotatable bonds is 4. The second-order valence-electron chi connectivity index (χ2n) is 9.84. The third-order valence-corrected chi connectivity index (χ3v) is 7.74. The van der Waals surface area contributed by atoms with Crippen LogP contribution in [0.3, 0.4) is 0 Å². The number of nitrogens with one attached hydrogen (secondary N) is 1. The number of hydrogen-bond acceptors (Lipinski definition) is 2. The van der Waals surface area contributed by atoms with Crippen LogP contribution in [-0.4, -0.2) is 5.54 Å². The number of hydrogen-bond donors (Lipinski definition) is 1. The lowest BCUT2D eigenvalue weighted by Crippen LogP contribution is -2.58. The predicted octanol–water partition coefficient (Wildman–Crippen LogP) is 6.47. The Bertz CT molecular complexity index is 962. The van der Waals surface area contributed by atoms with Gasteiger partial charge < -0.3 is 9.73 Å². The maximum atomic E-state index is 6.06. The molecule has 4 bridgehead atoms. The topological polar surface area (TPSA) is 25.2 Å². The molecular weight excluding hydrogens is 342 g/mol. The molecule has 4 fully saturated rings. The van der Waals surface area contributed by atoms with Crippen molar-refractivity contribution in [2.75, 3.05) is 0 Å². The molecule has 0 spiro atoms. The maximum absolute atomic E-state index is 6.06. The van der Waals surface area contributed by atoms with Crippen molar-refractivity contribution >= 4 is 11.0 Å². The van der Waals surface area contributed by atoms with Crippen LogP contribution in [0.2, 0.25) is 0 Å². The van der Waals surface area contributed by atoms with Crippen LogP contribution in [-0.2, 0) is 6.54 Å². The Balaban J connectivity index is 1.21. The molecule has 1 aromatic heterocycles. The molecule has 1 N–H and O–H groups in total. The standard InChI is InChI=1S/C26H29NO/c1-17-8-22(25-12-21-4-2-3-5-24(21)28-25)6-7-23(17)16-27-26-13-18-9-19(14-26)11-20(10-18)15-26/h2-8,12,18-20,27H,9-11,13-16H2,1H3. The van der Waals surface area contributed by atoms with E-state index in [1.54, 1.807) is 0 Å². The minimum absolute atomic E-state index is 0.429. The van der Waals surface area contributed by atoms with Crippen molar-refractivity contribution in [3.8, 4) is 11.3 Å². The molecule has 0 radical (unpaired) electrons. The van der Waals surface area contributed by atoms with E-state index in [2.05, 4.69) is 48.6 Å². The van der Waals surface area contributed by atoms with Gasteiger partial charge in [-0.3, -0.25) is 0 Å². The van der Waals surface area contributed by atoms with Crippen LogP contribution in [0.4, 0.5) is 0 Å². The number of para-hydroxylation sites is 1. The van der Waals surface area contributed by atoms with E-state index >= 15 is 0 Å². The second kappa shape index (κ2) is 6.22. The molecule has 2 heteroatoms. The van der Waals surface area contributed by atoms with Crippen molar-refractivity contribution in [1.82, 2.24) is 5.32 Å². The van der Waals surface area contributed by atoms with E-state index in [0.717, 1.165) is 35.6 Å². The van der Waals surface area contributed by atoms with Crippen LogP contribution in [0.25, 0.3) is 22.3 Å². The van der Waals surface area contributed by atoms with Crippen molar-refractivity contribution in [2.24, 2.45) is 17.8 Å². The summed E-state index contributed by atoms with van der Waals surface area (Å²) in [5, 5.41) is 5.21. The molecule has 4 saturated carbocycles. The zero-order chi connectivity index (χ0) is 18.7. The van der Waals surface area contributed by atoms with Gasteiger partial charge in [-0.1, -0.05) is 30.3 Å². The Morgan fingerprint density at radius 3 is 2.32 bits per heavy atom. The van der Waals surface area contributed by atoms with Crippen molar-refractivity contribution < 1.29 is 4.42 Å². The van der Waals surface area contributed by atoms with E-state index in [1.165, 1.54) is 60.6 Å². The highest BCUT2D eigenvalue weighted by atomic mass is 16.3. The number of aryl methyl sites for hydroxylation is 1. The summed E-state index contributed by atoms with van der Waals surface area (Å²) in [7, 11) is 0. The van der Waals surface area contributed by atoms with Gasteiger partial charge in [0.15, 0.2) is 0 Å². The van der Waals surface area contributed by atoms with Crippen LogP contribution in [0.5, 0.6) is 0 Å². The van der Waals surface area contributed by atoms with E-state index in [1.807, 2.05) is 12.1 Å². The first kappa shape index (κ1) is 16.9. The molecule has 7 rings (SSSR count). The van der Waals surface area contributed by atoms with Gasteiger partial charge in [0.2, 0.25) is 0 Å². The molecule has 1 heterocycles. The molecule has 3 aromatic rings. The fourth-order valence-electron chi connectivity index (χ4n) is 6.78. The fraction of sp³-hybridized carbons (Fsp3) is 0.462. The first-order chi connectivity index (χ1) is 13.7. The average Bonchev–Trinajstić information content (AvgIpc) is 3.10. The van der Waals surface area contributed by atoms with Crippen LogP contribution in [0.15, 0.2) is 52.9 Å². The summed E-state index contributed by atoms with van der Waals surface area (Å²) in [5.41, 5.74) is 5.35. The normalized spacial score (nSPS) is 31.0. The number of fused-ring (bicyclic) bond motifs is 1. The van der Waals surface area contributed by atoms with Crippen molar-refractivity contribution in [3.63, 3.8) is 0 Å². The molecule has 2 aromatic carbocycles. The van der Waals surface area contributed by atoms with E-state index < -0.39 is 0 Å². The van der Waals surface area contributed by atoms with Crippen LogP contribution >= 0.6 is 0 Å². The zero-order valence-electron chi connectivity index (χ0n) is 16.7. The molecule has 0 atom stereocenters. The summed E-state index contributed by atoms with van der Waals surface area (Å²) in [6.45, 7) is 3.24. The van der Waals surface area contributed by atoms with Crippen LogP contribution < -0.4 is 5.32 Å². The highest BCUT2D eigenvalue weighted by molar-refractivity contribution is 5.82. The predicted molar refractivity (Wildman–Crippen MR) is 114 cm³/mol. The third kappa shape index (κ3) is 2.81. The first-order valence-electron chi connectivity index (χ1n) is 11.0. The minimum Gasteiger partial charge on any atom is -0.456 e. The summed E-state index contributed by atoms with van der Waals surface area (Å²) in [4.78, 5) is 0. The zero-order valence-corrected chi connectivity index (χ0v) is 16.7. The quantitative estimate of drug-likeness (QED) is 0.569. The van der Waals surface area contributed by atoms with E-state index in [4.69, 9.17) is 4.42 Å². The smallest absolute Gasteiger partial charge is 0.135 e. The molecule has 144 valence electrons. The number of benzene rings is 2. The van der Waals surface area contributed by atoms with Crippen molar-refractivity contribution in [3.05, 3.63) is 59.7 Å². The molecule has 4 aliphatic carbocycles. The summed E-state index contributed by atoms with van der Waals surface area (Å²) < 4.78 is 6.06. The molecular formula is C26H29NO. The van der Waals surface area contributed by atoms with Gasteiger partial charge in [-0.2, -0.15) is 0 Å². The van der Waals surface area contributed by atoms with Crippen LogP contribution in [0.1, 0.15) is 49.7 Å². The lowest BCUT2D eigenvalue weighted by molar-refractivity contribution is -0.0206. The molecule has 0 unspecified atom stereocenters. The van der Waals surface area contributed by atoms with Crippen LogP contribution in [0, 0.1) is 24.7 Å². The second-order valence-corrected chi connectivity index (χ2v) is 9.84. The highest BCUT2D eigenvalue weighted by Crippen LogP contribution is 2.55. The minimum atomic E-state index is 0.429. The van der Waals surface area contributed by atoms with E-state index in [-0.39, 0.29) is 0 Å². The lowest BCUT2D eigenvalue weighted by atomic mass is 9.53. The monoisotopic (exact) mass is 371 g/mol. The summed E-state index contributed by atoms with van der Waals surface area (Å²) >= 11 is 0. The Morgan fingerprint density at radius 2 is 1.64 bits per heavy atom. The SMILES string of the molecule is Cc1cc(-c2cc3ccccc3o2)ccc1CNC12CC3CC(CC(C3)C1)C2. The largest absolute Gasteiger partial charge is 0.456 e. The maximum Gasteiger partial charge on any atom is 0.135 e. The third-order valence-electron chi connectivity index (χ3n) is 7.74. The average molecular weight is 372 g/mol. The van der Waals surface area contributed by atoms with Gasteiger partial charge in [0.25, 0.3) is 0 Å². The van der Waals surface area contributed by atoms with Gasteiger partial charge in [0.1, 0.15) is 11.3 Å². The Hall–Kier alpha value is -2.06. The lowest BCUT2D eigenvalue weighted by Gasteiger charge is -2.57. The summed E-state index contributed by atoms with van der Waals surface area (Å²) in [5.74, 6) is 3.95. The van der Waals surface area contributed by atoms with Gasteiger partial charge in [-0.15, -0.1) is 0 Å². The van der Waals surface area contributed by atoms with Crippen molar-refractivity contribution in [1.29, 1.82) is 0 Å². The molecule has 2 nitrogen and oxygen atoms in total. The molecule has 0 saturated heterocycles. The first-order valence-corrected chi connectivity index (χ1v) is 11.0. The van der Waals surface area contributed by atoms with Gasteiger partial charge in [0, 0.05) is 23.0 Å². The van der Waals surface area contributed by atoms with Gasteiger partial charge in [0.05, 0.1) is 0 Å².